The summed E-state index contributed by atoms with van der Waals surface area (Å²) >= 11 is 5.81. The zero-order valence-corrected chi connectivity index (χ0v) is 17.8. The van der Waals surface area contributed by atoms with Gasteiger partial charge >= 0.3 is 6.18 Å². The minimum atomic E-state index is -4.56. The molecule has 2 rings (SSSR count). The van der Waals surface area contributed by atoms with E-state index in [9.17, 15) is 22.5 Å². The summed E-state index contributed by atoms with van der Waals surface area (Å²) in [5, 5.41) is -0.0844. The third-order valence-corrected chi connectivity index (χ3v) is 6.86. The Bertz CT molecular complexity index is 854. The summed E-state index contributed by atoms with van der Waals surface area (Å²) in [6.45, 7) is 5.20. The van der Waals surface area contributed by atoms with Crippen LogP contribution in [0, 0.1) is 0 Å². The van der Waals surface area contributed by atoms with Crippen LogP contribution in [0.25, 0.3) is 0 Å². The van der Waals surface area contributed by atoms with Crippen molar-refractivity contribution in [1.82, 2.24) is 4.72 Å². The lowest BCUT2D eigenvalue weighted by Gasteiger charge is -2.24. The van der Waals surface area contributed by atoms with Crippen molar-refractivity contribution in [2.75, 3.05) is 0 Å². The minimum absolute atomic E-state index is 0.0703. The van der Waals surface area contributed by atoms with Crippen molar-refractivity contribution in [2.45, 2.75) is 48.0 Å². The van der Waals surface area contributed by atoms with E-state index in [1.807, 2.05) is 0 Å². The quantitative estimate of drug-likeness (QED) is 0.442. The Kier molecular flexibility index (Phi) is 7.50. The maximum atomic E-state index is 13.2. The van der Waals surface area contributed by atoms with Crippen LogP contribution in [0.15, 0.2) is 46.2 Å². The van der Waals surface area contributed by atoms with Crippen LogP contribution in [0.3, 0.4) is 0 Å². The molecule has 0 spiro atoms. The number of carbonyl (C=O) groups is 1. The van der Waals surface area contributed by atoms with Crippen molar-refractivity contribution in [3.63, 3.8) is 0 Å². The van der Waals surface area contributed by atoms with Gasteiger partial charge in [0.25, 0.3) is 0 Å². The maximum absolute atomic E-state index is 13.2. The molecule has 0 heterocycles. The molecule has 1 unspecified atom stereocenters. The molecule has 0 aromatic heterocycles. The number of aldehydes is 1. The number of halogens is 4. The van der Waals surface area contributed by atoms with E-state index < -0.39 is 27.8 Å². The Morgan fingerprint density at radius 1 is 1.21 bits per heavy atom. The Morgan fingerprint density at radius 3 is 2.43 bits per heavy atom. The lowest BCUT2D eigenvalue weighted by molar-refractivity contribution is -0.137. The first-order valence-electron chi connectivity index (χ1n) is 8.20. The summed E-state index contributed by atoms with van der Waals surface area (Å²) in [5.41, 5.74) is -0.229. The summed E-state index contributed by atoms with van der Waals surface area (Å²) in [6.07, 6.45) is -3.89. The van der Waals surface area contributed by atoms with Crippen LogP contribution in [-0.4, -0.2) is 15.6 Å². The fourth-order valence-corrected chi connectivity index (χ4v) is 4.29. The third kappa shape index (κ3) is 5.90. The molecular formula is C19H19ClF3NO2S2. The Morgan fingerprint density at radius 2 is 1.86 bits per heavy atom. The molecule has 9 heteroatoms. The SMILES string of the molecule is CC(C)(C)[S+]([O-])NCc1cc(C(F)(F)F)cc(Cl)c1Sc1ccccc1C=O. The number of benzene rings is 2. The molecule has 0 radical (unpaired) electrons. The molecule has 0 aliphatic carbocycles. The number of nitrogens with one attached hydrogen (secondary N) is 1. The van der Waals surface area contributed by atoms with E-state index in [1.54, 1.807) is 45.0 Å². The van der Waals surface area contributed by atoms with Gasteiger partial charge in [-0.15, -0.1) is 4.72 Å². The minimum Gasteiger partial charge on any atom is -0.598 e. The van der Waals surface area contributed by atoms with E-state index in [1.165, 1.54) is 0 Å². The molecule has 0 bridgehead atoms. The molecule has 3 nitrogen and oxygen atoms in total. The second-order valence-corrected chi connectivity index (χ2v) is 10.4. The van der Waals surface area contributed by atoms with Crippen LogP contribution in [0.1, 0.15) is 42.3 Å². The number of rotatable bonds is 6. The predicted octanol–water partition coefficient (Wildman–Crippen LogP) is 5.87. The van der Waals surface area contributed by atoms with Gasteiger partial charge in [0.1, 0.15) is 4.75 Å². The first kappa shape index (κ1) is 23.1. The summed E-state index contributed by atoms with van der Waals surface area (Å²) in [5.74, 6) is 0. The molecule has 2 aromatic rings. The highest BCUT2D eigenvalue weighted by molar-refractivity contribution is 7.99. The van der Waals surface area contributed by atoms with Gasteiger partial charge in [0.15, 0.2) is 6.29 Å². The largest absolute Gasteiger partial charge is 0.598 e. The fraction of sp³-hybridized carbons (Fsp3) is 0.316. The standard InChI is InChI=1S/C19H19ClF3NO2S2/c1-18(2,3)28(26)24-10-13-8-14(19(21,22)23)9-15(20)17(13)27-16-7-5-4-6-12(16)11-25/h4-9,11,24H,10H2,1-3H3. The zero-order chi connectivity index (χ0) is 21.1. The summed E-state index contributed by atoms with van der Waals surface area (Å²) in [7, 11) is 0. The second kappa shape index (κ2) is 9.09. The molecule has 0 aliphatic heterocycles. The predicted molar refractivity (Wildman–Crippen MR) is 107 cm³/mol. The maximum Gasteiger partial charge on any atom is 0.416 e. The van der Waals surface area contributed by atoms with Crippen molar-refractivity contribution in [3.05, 3.63) is 58.1 Å². The number of hydrogen-bond donors (Lipinski definition) is 1. The molecule has 2 aromatic carbocycles. The normalized spacial score (nSPS) is 13.4. The molecule has 0 saturated heterocycles. The Balaban J connectivity index is 2.46. The average molecular weight is 450 g/mol. The number of alkyl halides is 3. The van der Waals surface area contributed by atoms with Crippen LogP contribution in [0.5, 0.6) is 0 Å². The summed E-state index contributed by atoms with van der Waals surface area (Å²) < 4.78 is 54.1. The Labute approximate surface area is 174 Å². The first-order valence-corrected chi connectivity index (χ1v) is 10.5. The van der Waals surface area contributed by atoms with Gasteiger partial charge < -0.3 is 4.55 Å². The molecule has 152 valence electrons. The van der Waals surface area contributed by atoms with E-state index in [2.05, 4.69) is 4.72 Å². The molecule has 0 saturated carbocycles. The van der Waals surface area contributed by atoms with E-state index in [-0.39, 0.29) is 17.1 Å². The topological polar surface area (TPSA) is 52.2 Å². The first-order chi connectivity index (χ1) is 12.9. The highest BCUT2D eigenvalue weighted by Crippen LogP contribution is 2.41. The van der Waals surface area contributed by atoms with E-state index in [4.69, 9.17) is 11.6 Å². The van der Waals surface area contributed by atoms with Crippen LogP contribution in [0.2, 0.25) is 5.02 Å². The van der Waals surface area contributed by atoms with Crippen molar-refractivity contribution < 1.29 is 22.5 Å². The molecule has 1 N–H and O–H groups in total. The van der Waals surface area contributed by atoms with Gasteiger partial charge in [-0.2, -0.15) is 13.2 Å². The van der Waals surface area contributed by atoms with Gasteiger partial charge in [-0.25, -0.2) is 0 Å². The highest BCUT2D eigenvalue weighted by Gasteiger charge is 2.33. The van der Waals surface area contributed by atoms with Gasteiger partial charge in [0.05, 0.1) is 17.1 Å². The zero-order valence-electron chi connectivity index (χ0n) is 15.4. The van der Waals surface area contributed by atoms with Crippen LogP contribution in [0.4, 0.5) is 13.2 Å². The van der Waals surface area contributed by atoms with Crippen LogP contribution in [-0.2, 0) is 24.1 Å². The Hall–Kier alpha value is -1.19. The van der Waals surface area contributed by atoms with Crippen molar-refractivity contribution in [1.29, 1.82) is 0 Å². The van der Waals surface area contributed by atoms with Crippen molar-refractivity contribution in [3.8, 4) is 0 Å². The highest BCUT2D eigenvalue weighted by atomic mass is 35.5. The van der Waals surface area contributed by atoms with Gasteiger partial charge in [0.2, 0.25) is 0 Å². The van der Waals surface area contributed by atoms with Gasteiger partial charge in [0, 0.05) is 26.7 Å². The van der Waals surface area contributed by atoms with Crippen molar-refractivity contribution in [2.24, 2.45) is 0 Å². The second-order valence-electron chi connectivity index (χ2n) is 6.90. The molecule has 0 fully saturated rings. The van der Waals surface area contributed by atoms with Gasteiger partial charge in [-0.1, -0.05) is 41.6 Å². The van der Waals surface area contributed by atoms with Crippen LogP contribution < -0.4 is 4.72 Å². The van der Waals surface area contributed by atoms with Gasteiger partial charge in [-0.05, 0) is 44.5 Å². The molecule has 28 heavy (non-hydrogen) atoms. The smallest absolute Gasteiger partial charge is 0.416 e. The lowest BCUT2D eigenvalue weighted by Crippen LogP contribution is -2.39. The molecular weight excluding hydrogens is 431 g/mol. The lowest BCUT2D eigenvalue weighted by atomic mass is 10.1. The van der Waals surface area contributed by atoms with E-state index in [0.29, 0.717) is 21.6 Å². The van der Waals surface area contributed by atoms with Crippen molar-refractivity contribution >= 4 is 41.0 Å². The average Bonchev–Trinajstić information content (AvgIpc) is 2.60. The summed E-state index contributed by atoms with van der Waals surface area (Å²) in [4.78, 5) is 12.2. The van der Waals surface area contributed by atoms with E-state index in [0.717, 1.165) is 23.9 Å². The summed E-state index contributed by atoms with van der Waals surface area (Å²) in [6, 6.07) is 8.56. The van der Waals surface area contributed by atoms with Gasteiger partial charge in [-0.3, -0.25) is 4.79 Å². The monoisotopic (exact) mass is 449 g/mol. The number of carbonyl (C=O) groups excluding carboxylic acids is 1. The number of hydrogen-bond acceptors (Lipinski definition) is 4. The molecule has 0 aliphatic rings. The fourth-order valence-electron chi connectivity index (χ4n) is 2.20. The molecule has 1 atom stereocenters. The molecule has 0 amide bonds. The van der Waals surface area contributed by atoms with Crippen LogP contribution >= 0.6 is 23.4 Å². The van der Waals surface area contributed by atoms with E-state index >= 15 is 0 Å². The third-order valence-electron chi connectivity index (χ3n) is 3.66.